The van der Waals surface area contributed by atoms with E-state index in [2.05, 4.69) is 17.4 Å². The van der Waals surface area contributed by atoms with E-state index in [1.165, 1.54) is 5.06 Å². The van der Waals surface area contributed by atoms with Gasteiger partial charge >= 0.3 is 6.03 Å². The second kappa shape index (κ2) is 7.53. The van der Waals surface area contributed by atoms with Crippen LogP contribution in [0.4, 0.5) is 4.79 Å². The largest absolute Gasteiger partial charge is 0.491 e. The number of ether oxygens (including phenoxy) is 1. The molecule has 1 fully saturated rings. The first-order valence-corrected chi connectivity index (χ1v) is 8.50. The molecule has 0 unspecified atom stereocenters. The fourth-order valence-corrected chi connectivity index (χ4v) is 2.87. The van der Waals surface area contributed by atoms with E-state index in [1.807, 2.05) is 38.1 Å². The zero-order valence-electron chi connectivity index (χ0n) is 14.2. The van der Waals surface area contributed by atoms with Crippen LogP contribution in [0.25, 0.3) is 10.8 Å². The van der Waals surface area contributed by atoms with Gasteiger partial charge in [0.25, 0.3) is 0 Å². The summed E-state index contributed by atoms with van der Waals surface area (Å²) in [5.74, 6) is 0.809. The highest BCUT2D eigenvalue weighted by Crippen LogP contribution is 2.29. The van der Waals surface area contributed by atoms with Gasteiger partial charge in [-0.15, -0.1) is 0 Å². The number of benzene rings is 2. The fourth-order valence-electron chi connectivity index (χ4n) is 2.87. The molecule has 2 aromatic rings. The van der Waals surface area contributed by atoms with E-state index < -0.39 is 0 Å². The summed E-state index contributed by atoms with van der Waals surface area (Å²) < 4.78 is 5.94. The van der Waals surface area contributed by atoms with Gasteiger partial charge in [-0.3, -0.25) is 4.84 Å². The molecule has 0 spiro atoms. The van der Waals surface area contributed by atoms with Gasteiger partial charge in [0.2, 0.25) is 0 Å². The second-order valence-corrected chi connectivity index (χ2v) is 6.23. The Kier molecular flexibility index (Phi) is 5.20. The zero-order chi connectivity index (χ0) is 16.9. The molecule has 5 nitrogen and oxygen atoms in total. The predicted octanol–water partition coefficient (Wildman–Crippen LogP) is 3.86. The van der Waals surface area contributed by atoms with Gasteiger partial charge in [-0.05, 0) is 43.5 Å². The van der Waals surface area contributed by atoms with Gasteiger partial charge in [0.1, 0.15) is 5.75 Å². The van der Waals surface area contributed by atoms with Gasteiger partial charge in [-0.1, -0.05) is 30.3 Å². The van der Waals surface area contributed by atoms with Crippen molar-refractivity contribution in [2.75, 3.05) is 13.2 Å². The summed E-state index contributed by atoms with van der Waals surface area (Å²) in [7, 11) is 0. The van der Waals surface area contributed by atoms with Gasteiger partial charge in [0, 0.05) is 12.1 Å². The third-order valence-electron chi connectivity index (χ3n) is 4.01. The number of amides is 2. The molecule has 0 aliphatic carbocycles. The first-order chi connectivity index (χ1) is 11.6. The zero-order valence-corrected chi connectivity index (χ0v) is 14.2. The van der Waals surface area contributed by atoms with Crippen molar-refractivity contribution in [3.05, 3.63) is 42.0 Å². The van der Waals surface area contributed by atoms with Crippen LogP contribution in [0.15, 0.2) is 36.4 Å². The molecule has 1 aliphatic heterocycles. The first-order valence-electron chi connectivity index (χ1n) is 8.50. The van der Waals surface area contributed by atoms with E-state index in [4.69, 9.17) is 9.57 Å². The topological polar surface area (TPSA) is 50.8 Å². The minimum Gasteiger partial charge on any atom is -0.491 e. The normalized spacial score (nSPS) is 14.9. The molecule has 0 aromatic heterocycles. The maximum absolute atomic E-state index is 12.3. The second-order valence-electron chi connectivity index (χ2n) is 6.23. The average molecular weight is 328 g/mol. The van der Waals surface area contributed by atoms with E-state index in [0.717, 1.165) is 34.9 Å². The average Bonchev–Trinajstić information content (AvgIpc) is 2.60. The van der Waals surface area contributed by atoms with Crippen LogP contribution < -0.4 is 10.1 Å². The minimum atomic E-state index is -0.196. The summed E-state index contributed by atoms with van der Waals surface area (Å²) in [5.41, 5.74) is 0.993. The van der Waals surface area contributed by atoms with Crippen LogP contribution in [0.3, 0.4) is 0 Å². The third-order valence-corrected chi connectivity index (χ3v) is 4.01. The van der Waals surface area contributed by atoms with Gasteiger partial charge in [-0.25, -0.2) is 9.86 Å². The van der Waals surface area contributed by atoms with Crippen molar-refractivity contribution in [2.24, 2.45) is 0 Å². The van der Waals surface area contributed by atoms with E-state index in [0.29, 0.717) is 19.7 Å². The molecular weight excluding hydrogens is 304 g/mol. The molecule has 2 amide bonds. The van der Waals surface area contributed by atoms with Crippen LogP contribution in [0.2, 0.25) is 0 Å². The summed E-state index contributed by atoms with van der Waals surface area (Å²) >= 11 is 0. The van der Waals surface area contributed by atoms with Crippen LogP contribution in [-0.4, -0.2) is 30.3 Å². The molecule has 0 bridgehead atoms. The number of hydrogen-bond donors (Lipinski definition) is 1. The molecule has 1 heterocycles. The molecule has 1 N–H and O–H groups in total. The highest BCUT2D eigenvalue weighted by molar-refractivity contribution is 5.88. The Morgan fingerprint density at radius 3 is 2.83 bits per heavy atom. The van der Waals surface area contributed by atoms with Crippen LogP contribution in [0.1, 0.15) is 32.3 Å². The Labute approximate surface area is 142 Å². The number of carbonyl (C=O) groups excluding carboxylic acids is 1. The quantitative estimate of drug-likeness (QED) is 0.927. The number of hydrogen-bond acceptors (Lipinski definition) is 3. The molecule has 0 atom stereocenters. The number of fused-ring (bicyclic) bond motifs is 1. The van der Waals surface area contributed by atoms with Crippen molar-refractivity contribution in [1.82, 2.24) is 10.4 Å². The van der Waals surface area contributed by atoms with Crippen molar-refractivity contribution in [3.8, 4) is 5.75 Å². The van der Waals surface area contributed by atoms with E-state index >= 15 is 0 Å². The number of nitrogens with one attached hydrogen (secondary N) is 1. The summed E-state index contributed by atoms with van der Waals surface area (Å²) in [6.07, 6.45) is 2.05. The lowest BCUT2D eigenvalue weighted by Gasteiger charge is -2.26. The van der Waals surface area contributed by atoms with Crippen molar-refractivity contribution in [1.29, 1.82) is 0 Å². The lowest BCUT2D eigenvalue weighted by Crippen LogP contribution is -2.42. The fraction of sp³-hybridized carbons (Fsp3) is 0.421. The van der Waals surface area contributed by atoms with Gasteiger partial charge in [0.15, 0.2) is 0 Å². The SMILES string of the molecule is CC(C)Oc1ccc2ccccc2c1CNC(=O)N1CCCCO1. The predicted molar refractivity (Wildman–Crippen MR) is 93.8 cm³/mol. The molecule has 1 aliphatic rings. The first kappa shape index (κ1) is 16.6. The van der Waals surface area contributed by atoms with E-state index in [9.17, 15) is 4.79 Å². The molecule has 5 heteroatoms. The Morgan fingerprint density at radius 1 is 1.25 bits per heavy atom. The summed E-state index contributed by atoms with van der Waals surface area (Å²) in [4.78, 5) is 17.7. The maximum Gasteiger partial charge on any atom is 0.341 e. The number of carbonyl (C=O) groups is 1. The number of hydroxylamine groups is 2. The molecule has 128 valence electrons. The summed E-state index contributed by atoms with van der Waals surface area (Å²) in [6, 6.07) is 12.0. The van der Waals surface area contributed by atoms with Crippen molar-refractivity contribution in [3.63, 3.8) is 0 Å². The van der Waals surface area contributed by atoms with Crippen LogP contribution in [0, 0.1) is 0 Å². The Morgan fingerprint density at radius 2 is 2.08 bits per heavy atom. The van der Waals surface area contributed by atoms with Gasteiger partial charge in [0.05, 0.1) is 19.3 Å². The molecule has 1 saturated heterocycles. The third kappa shape index (κ3) is 3.79. The Balaban J connectivity index is 1.81. The lowest BCUT2D eigenvalue weighted by atomic mass is 10.0. The highest BCUT2D eigenvalue weighted by atomic mass is 16.7. The van der Waals surface area contributed by atoms with Crippen molar-refractivity contribution >= 4 is 16.8 Å². The molecule has 3 rings (SSSR count). The maximum atomic E-state index is 12.3. The molecule has 0 radical (unpaired) electrons. The van der Waals surface area contributed by atoms with Crippen LogP contribution >= 0.6 is 0 Å². The van der Waals surface area contributed by atoms with E-state index in [1.54, 1.807) is 0 Å². The Bertz CT molecular complexity index is 709. The lowest BCUT2D eigenvalue weighted by molar-refractivity contribution is -0.139. The van der Waals surface area contributed by atoms with Crippen LogP contribution in [0.5, 0.6) is 5.75 Å². The van der Waals surface area contributed by atoms with Gasteiger partial charge < -0.3 is 10.1 Å². The number of urea groups is 1. The van der Waals surface area contributed by atoms with Gasteiger partial charge in [-0.2, -0.15) is 0 Å². The molecule has 2 aromatic carbocycles. The standard InChI is InChI=1S/C19H24N2O3/c1-14(2)24-18-10-9-15-7-3-4-8-16(15)17(18)13-20-19(22)21-11-5-6-12-23-21/h3-4,7-10,14H,5-6,11-13H2,1-2H3,(H,20,22). The van der Waals surface area contributed by atoms with Crippen molar-refractivity contribution in [2.45, 2.75) is 39.3 Å². The number of nitrogens with zero attached hydrogens (tertiary/aromatic N) is 1. The molecule has 0 saturated carbocycles. The van der Waals surface area contributed by atoms with E-state index in [-0.39, 0.29) is 12.1 Å². The van der Waals surface area contributed by atoms with Crippen LogP contribution in [-0.2, 0) is 11.4 Å². The minimum absolute atomic E-state index is 0.0750. The van der Waals surface area contributed by atoms with Crippen molar-refractivity contribution < 1.29 is 14.4 Å². The molecule has 24 heavy (non-hydrogen) atoms. The summed E-state index contributed by atoms with van der Waals surface area (Å²) in [5, 5.41) is 6.60. The highest BCUT2D eigenvalue weighted by Gasteiger charge is 2.18. The molecular formula is C19H24N2O3. The Hall–Kier alpha value is -2.27. The summed E-state index contributed by atoms with van der Waals surface area (Å²) in [6.45, 7) is 5.64. The monoisotopic (exact) mass is 328 g/mol. The number of rotatable bonds is 4. The smallest absolute Gasteiger partial charge is 0.341 e.